The largest absolute Gasteiger partial charge is 0.459 e. The molecule has 1 aromatic carbocycles. The molecule has 0 N–H and O–H groups in total. The molecule has 0 aliphatic carbocycles. The second-order valence-corrected chi connectivity index (χ2v) is 7.19. The number of tetrazole rings is 1. The van der Waals surface area contributed by atoms with E-state index in [1.54, 1.807) is 12.1 Å². The summed E-state index contributed by atoms with van der Waals surface area (Å²) in [7, 11) is 0. The normalized spacial score (nSPS) is 16.5. The number of hydrogen-bond acceptors (Lipinski definition) is 6. The number of aromatic nitrogens is 4. The predicted molar refractivity (Wildman–Crippen MR) is 103 cm³/mol. The van der Waals surface area contributed by atoms with Gasteiger partial charge in [-0.15, -0.1) is 5.10 Å². The van der Waals surface area contributed by atoms with Crippen LogP contribution in [0.4, 0.5) is 0 Å². The number of furan rings is 1. The average Bonchev–Trinajstić information content (AvgIpc) is 3.41. The maximum Gasteiger partial charge on any atom is 0.289 e. The molecule has 8 nitrogen and oxygen atoms in total. The highest BCUT2D eigenvalue weighted by atomic mass is 16.3. The third-order valence-electron chi connectivity index (χ3n) is 5.07. The minimum absolute atomic E-state index is 0.0561. The first-order chi connectivity index (χ1) is 13.6. The van der Waals surface area contributed by atoms with Gasteiger partial charge in [-0.1, -0.05) is 30.3 Å². The molecule has 1 unspecified atom stereocenters. The van der Waals surface area contributed by atoms with Crippen molar-refractivity contribution in [3.63, 3.8) is 0 Å². The van der Waals surface area contributed by atoms with Gasteiger partial charge in [0.15, 0.2) is 11.6 Å². The van der Waals surface area contributed by atoms with Crippen LogP contribution in [0.1, 0.15) is 47.9 Å². The first-order valence-electron chi connectivity index (χ1n) is 9.54. The van der Waals surface area contributed by atoms with Crippen LogP contribution in [0.25, 0.3) is 0 Å². The Balaban J connectivity index is 1.57. The highest BCUT2D eigenvalue weighted by Gasteiger charge is 2.32. The molecule has 1 saturated heterocycles. The molecule has 4 rings (SSSR count). The van der Waals surface area contributed by atoms with Gasteiger partial charge in [-0.05, 0) is 42.0 Å². The summed E-state index contributed by atoms with van der Waals surface area (Å²) in [6.45, 7) is 6.87. The second kappa shape index (κ2) is 7.93. The van der Waals surface area contributed by atoms with E-state index in [2.05, 4.69) is 46.4 Å². The number of carbonyl (C=O) groups excluding carboxylic acids is 1. The van der Waals surface area contributed by atoms with Crippen molar-refractivity contribution in [3.05, 3.63) is 65.9 Å². The lowest BCUT2D eigenvalue weighted by molar-refractivity contribution is 0.0558. The third-order valence-corrected chi connectivity index (χ3v) is 5.07. The van der Waals surface area contributed by atoms with Crippen LogP contribution < -0.4 is 0 Å². The summed E-state index contributed by atoms with van der Waals surface area (Å²) in [6, 6.07) is 13.8. The lowest BCUT2D eigenvalue weighted by Gasteiger charge is -2.38. The van der Waals surface area contributed by atoms with Gasteiger partial charge < -0.3 is 9.32 Å². The van der Waals surface area contributed by atoms with Crippen LogP contribution >= 0.6 is 0 Å². The van der Waals surface area contributed by atoms with Crippen LogP contribution in [0.15, 0.2) is 53.1 Å². The van der Waals surface area contributed by atoms with Gasteiger partial charge in [0, 0.05) is 26.2 Å². The Bertz CT molecular complexity index is 898. The lowest BCUT2D eigenvalue weighted by Crippen LogP contribution is -2.50. The van der Waals surface area contributed by atoms with E-state index in [1.807, 2.05) is 27.8 Å². The molecular weight excluding hydrogens is 356 g/mol. The van der Waals surface area contributed by atoms with Crippen molar-refractivity contribution in [1.29, 1.82) is 0 Å². The van der Waals surface area contributed by atoms with Gasteiger partial charge in [0.1, 0.15) is 0 Å². The van der Waals surface area contributed by atoms with Gasteiger partial charge in [-0.25, -0.2) is 4.68 Å². The smallest absolute Gasteiger partial charge is 0.289 e. The van der Waals surface area contributed by atoms with Gasteiger partial charge in [-0.3, -0.25) is 9.69 Å². The minimum atomic E-state index is -0.0621. The van der Waals surface area contributed by atoms with E-state index in [0.29, 0.717) is 18.8 Å². The van der Waals surface area contributed by atoms with E-state index in [0.717, 1.165) is 24.5 Å². The Kier molecular flexibility index (Phi) is 5.21. The fraction of sp³-hybridized carbons (Fsp3) is 0.400. The zero-order valence-corrected chi connectivity index (χ0v) is 16.1. The fourth-order valence-electron chi connectivity index (χ4n) is 3.65. The Morgan fingerprint density at radius 3 is 2.43 bits per heavy atom. The van der Waals surface area contributed by atoms with Gasteiger partial charge >= 0.3 is 0 Å². The number of benzene rings is 1. The predicted octanol–water partition coefficient (Wildman–Crippen LogP) is 2.39. The van der Waals surface area contributed by atoms with E-state index in [9.17, 15) is 4.79 Å². The van der Waals surface area contributed by atoms with Crippen molar-refractivity contribution < 1.29 is 9.21 Å². The summed E-state index contributed by atoms with van der Waals surface area (Å²) in [5, 5.41) is 12.5. The molecule has 1 atom stereocenters. The van der Waals surface area contributed by atoms with Crippen LogP contribution in [0.3, 0.4) is 0 Å². The Labute approximate surface area is 163 Å². The molecule has 3 heterocycles. The molecule has 1 aliphatic heterocycles. The highest BCUT2D eigenvalue weighted by molar-refractivity contribution is 5.91. The van der Waals surface area contributed by atoms with Crippen LogP contribution in [-0.2, 0) is 0 Å². The highest BCUT2D eigenvalue weighted by Crippen LogP contribution is 2.29. The molecule has 1 aliphatic rings. The third kappa shape index (κ3) is 3.55. The minimum Gasteiger partial charge on any atom is -0.459 e. The summed E-state index contributed by atoms with van der Waals surface area (Å²) in [4.78, 5) is 16.7. The first kappa shape index (κ1) is 18.4. The molecule has 0 bridgehead atoms. The number of hydrogen-bond donors (Lipinski definition) is 0. The number of rotatable bonds is 5. The Morgan fingerprint density at radius 2 is 1.79 bits per heavy atom. The number of amides is 1. The van der Waals surface area contributed by atoms with E-state index in [4.69, 9.17) is 4.42 Å². The molecule has 0 radical (unpaired) electrons. The zero-order chi connectivity index (χ0) is 19.5. The quantitative estimate of drug-likeness (QED) is 0.676. The number of nitrogens with zero attached hydrogens (tertiary/aromatic N) is 6. The molecule has 0 spiro atoms. The van der Waals surface area contributed by atoms with Crippen LogP contribution in [-0.4, -0.2) is 62.1 Å². The fourth-order valence-corrected chi connectivity index (χ4v) is 3.65. The average molecular weight is 380 g/mol. The monoisotopic (exact) mass is 380 g/mol. The molecule has 1 fully saturated rings. The first-order valence-corrected chi connectivity index (χ1v) is 9.54. The molecule has 2 aromatic heterocycles. The lowest BCUT2D eigenvalue weighted by atomic mass is 10.0. The molecular formula is C20H24N6O2. The van der Waals surface area contributed by atoms with Crippen molar-refractivity contribution in [2.24, 2.45) is 0 Å². The van der Waals surface area contributed by atoms with Gasteiger partial charge in [-0.2, -0.15) is 0 Å². The van der Waals surface area contributed by atoms with Crippen LogP contribution in [0, 0.1) is 0 Å². The molecule has 28 heavy (non-hydrogen) atoms. The molecule has 3 aromatic rings. The maximum absolute atomic E-state index is 12.6. The SMILES string of the molecule is CC(C)n1nnnc1C(c1ccccc1)N1CCN(C(=O)c2ccco2)CC1. The summed E-state index contributed by atoms with van der Waals surface area (Å²) in [6.07, 6.45) is 1.53. The zero-order valence-electron chi connectivity index (χ0n) is 16.1. The summed E-state index contributed by atoms with van der Waals surface area (Å²) < 4.78 is 7.13. The molecule has 146 valence electrons. The summed E-state index contributed by atoms with van der Waals surface area (Å²) >= 11 is 0. The van der Waals surface area contributed by atoms with E-state index in [-0.39, 0.29) is 18.0 Å². The van der Waals surface area contributed by atoms with Crippen molar-refractivity contribution in [2.75, 3.05) is 26.2 Å². The van der Waals surface area contributed by atoms with Crippen molar-refractivity contribution in [1.82, 2.24) is 30.0 Å². The van der Waals surface area contributed by atoms with Gasteiger partial charge in [0.25, 0.3) is 5.91 Å². The van der Waals surface area contributed by atoms with E-state index in [1.165, 1.54) is 6.26 Å². The molecule has 1 amide bonds. The summed E-state index contributed by atoms with van der Waals surface area (Å²) in [5.74, 6) is 1.15. The van der Waals surface area contributed by atoms with Gasteiger partial charge in [0.2, 0.25) is 0 Å². The topological polar surface area (TPSA) is 80.3 Å². The molecule has 8 heteroatoms. The Morgan fingerprint density at radius 1 is 1.04 bits per heavy atom. The Hall–Kier alpha value is -3.00. The number of piperazine rings is 1. The standard InChI is InChI=1S/C20H24N6O2/c1-15(2)26-19(21-22-23-26)18(16-7-4-3-5-8-16)24-10-12-25(13-11-24)20(27)17-9-6-14-28-17/h3-9,14-15,18H,10-13H2,1-2H3. The van der Waals surface area contributed by atoms with Gasteiger partial charge in [0.05, 0.1) is 18.3 Å². The van der Waals surface area contributed by atoms with E-state index >= 15 is 0 Å². The van der Waals surface area contributed by atoms with Crippen molar-refractivity contribution in [2.45, 2.75) is 25.9 Å². The summed E-state index contributed by atoms with van der Waals surface area (Å²) in [5.41, 5.74) is 1.14. The second-order valence-electron chi connectivity index (χ2n) is 7.19. The molecule has 0 saturated carbocycles. The van der Waals surface area contributed by atoms with Crippen molar-refractivity contribution >= 4 is 5.91 Å². The number of carbonyl (C=O) groups is 1. The van der Waals surface area contributed by atoms with E-state index < -0.39 is 0 Å². The van der Waals surface area contributed by atoms with Crippen molar-refractivity contribution in [3.8, 4) is 0 Å². The van der Waals surface area contributed by atoms with Crippen LogP contribution in [0.2, 0.25) is 0 Å². The van der Waals surface area contributed by atoms with Crippen LogP contribution in [0.5, 0.6) is 0 Å². The maximum atomic E-state index is 12.6.